The van der Waals surface area contributed by atoms with Crippen molar-refractivity contribution in [3.63, 3.8) is 0 Å². The Hall–Kier alpha value is -0.600. The summed E-state index contributed by atoms with van der Waals surface area (Å²) < 4.78 is 24.8. The number of rotatable bonds is 3. The monoisotopic (exact) mass is 230 g/mol. The van der Waals surface area contributed by atoms with E-state index in [1.54, 1.807) is 6.92 Å². The third-order valence-corrected chi connectivity index (χ3v) is 5.19. The minimum atomic E-state index is -3.26. The van der Waals surface area contributed by atoms with Crippen LogP contribution in [0.5, 0.6) is 0 Å². The minimum absolute atomic E-state index is 0.0624. The third kappa shape index (κ3) is 2.32. The highest BCUT2D eigenvalue weighted by atomic mass is 32.2. The summed E-state index contributed by atoms with van der Waals surface area (Å²) in [5, 5.41) is 9.21. The van der Waals surface area contributed by atoms with Gasteiger partial charge in [0.1, 0.15) is 5.54 Å². The van der Waals surface area contributed by atoms with E-state index in [0.29, 0.717) is 12.8 Å². The molecule has 5 heteroatoms. The summed E-state index contributed by atoms with van der Waals surface area (Å²) in [5.74, 6) is 0.0624. The number of hydrogen-bond acceptors (Lipinski definition) is 3. The molecule has 1 aliphatic rings. The van der Waals surface area contributed by atoms with Crippen LogP contribution in [0.15, 0.2) is 0 Å². The summed E-state index contributed by atoms with van der Waals surface area (Å²) in [7, 11) is -1.72. The van der Waals surface area contributed by atoms with Gasteiger partial charge in [-0.2, -0.15) is 9.57 Å². The molecule has 0 unspecified atom stereocenters. The summed E-state index contributed by atoms with van der Waals surface area (Å²) in [6.07, 6.45) is 4.32. The molecule has 4 nitrogen and oxygen atoms in total. The van der Waals surface area contributed by atoms with Crippen LogP contribution in [-0.4, -0.2) is 31.1 Å². The van der Waals surface area contributed by atoms with Crippen molar-refractivity contribution >= 4 is 10.0 Å². The van der Waals surface area contributed by atoms with Crippen LogP contribution >= 0.6 is 0 Å². The molecule has 0 atom stereocenters. The van der Waals surface area contributed by atoms with Crippen molar-refractivity contribution in [2.75, 3.05) is 12.8 Å². The van der Waals surface area contributed by atoms with E-state index in [2.05, 4.69) is 6.07 Å². The second-order valence-electron chi connectivity index (χ2n) is 4.07. The topological polar surface area (TPSA) is 61.2 Å². The Morgan fingerprint density at radius 2 is 1.87 bits per heavy atom. The maximum absolute atomic E-state index is 11.7. The molecule has 1 rings (SSSR count). The Morgan fingerprint density at radius 3 is 2.27 bits per heavy atom. The van der Waals surface area contributed by atoms with Crippen LogP contribution in [0, 0.1) is 11.3 Å². The number of hydrogen-bond donors (Lipinski definition) is 0. The maximum atomic E-state index is 11.7. The zero-order valence-electron chi connectivity index (χ0n) is 9.36. The van der Waals surface area contributed by atoms with Crippen molar-refractivity contribution in [1.29, 1.82) is 5.26 Å². The van der Waals surface area contributed by atoms with Crippen LogP contribution in [0.4, 0.5) is 0 Å². The highest BCUT2D eigenvalue weighted by Crippen LogP contribution is 2.33. The summed E-state index contributed by atoms with van der Waals surface area (Å²) in [6.45, 7) is 1.61. The van der Waals surface area contributed by atoms with Crippen molar-refractivity contribution < 1.29 is 8.42 Å². The fourth-order valence-electron chi connectivity index (χ4n) is 2.09. The van der Waals surface area contributed by atoms with Crippen molar-refractivity contribution in [2.24, 2.45) is 0 Å². The third-order valence-electron chi connectivity index (χ3n) is 3.27. The molecule has 0 aliphatic heterocycles. The molecular weight excluding hydrogens is 212 g/mol. The lowest BCUT2D eigenvalue weighted by Crippen LogP contribution is -2.50. The van der Waals surface area contributed by atoms with Gasteiger partial charge < -0.3 is 0 Å². The second kappa shape index (κ2) is 4.50. The van der Waals surface area contributed by atoms with Crippen LogP contribution in [0.3, 0.4) is 0 Å². The maximum Gasteiger partial charge on any atom is 0.214 e. The van der Waals surface area contributed by atoms with Crippen LogP contribution in [0.25, 0.3) is 0 Å². The summed E-state index contributed by atoms with van der Waals surface area (Å²) in [6, 6.07) is 2.20. The van der Waals surface area contributed by atoms with E-state index in [1.807, 2.05) is 0 Å². The van der Waals surface area contributed by atoms with Crippen molar-refractivity contribution in [3.8, 4) is 6.07 Å². The van der Waals surface area contributed by atoms with Crippen LogP contribution in [-0.2, 0) is 10.0 Å². The first-order valence-corrected chi connectivity index (χ1v) is 6.97. The molecule has 1 saturated carbocycles. The quantitative estimate of drug-likeness (QED) is 0.738. The molecule has 15 heavy (non-hydrogen) atoms. The smallest absolute Gasteiger partial charge is 0.212 e. The van der Waals surface area contributed by atoms with Crippen molar-refractivity contribution in [2.45, 2.75) is 44.6 Å². The molecule has 86 valence electrons. The zero-order valence-corrected chi connectivity index (χ0v) is 10.2. The standard InChI is InChI=1S/C10H18N2O2S/c1-3-15(13,14)12(2)10(9-11)7-5-4-6-8-10/h3-8H2,1-2H3. The molecule has 0 N–H and O–H groups in total. The van der Waals surface area contributed by atoms with E-state index in [0.717, 1.165) is 19.3 Å². The Morgan fingerprint density at radius 1 is 1.33 bits per heavy atom. The Balaban J connectivity index is 2.97. The van der Waals surface area contributed by atoms with Gasteiger partial charge in [0.25, 0.3) is 0 Å². The van der Waals surface area contributed by atoms with Gasteiger partial charge >= 0.3 is 0 Å². The zero-order chi connectivity index (χ0) is 11.5. The Labute approximate surface area is 91.9 Å². The van der Waals surface area contributed by atoms with Crippen LogP contribution in [0.2, 0.25) is 0 Å². The lowest BCUT2D eigenvalue weighted by Gasteiger charge is -2.37. The lowest BCUT2D eigenvalue weighted by atomic mass is 9.83. The first-order chi connectivity index (χ1) is 6.98. The van der Waals surface area contributed by atoms with Crippen LogP contribution < -0.4 is 0 Å². The fraction of sp³-hybridized carbons (Fsp3) is 0.900. The first-order valence-electron chi connectivity index (χ1n) is 5.36. The Kier molecular flexibility index (Phi) is 3.74. The second-order valence-corrected chi connectivity index (χ2v) is 6.36. The highest BCUT2D eigenvalue weighted by molar-refractivity contribution is 7.89. The molecule has 0 saturated heterocycles. The van der Waals surface area contributed by atoms with Gasteiger partial charge in [-0.05, 0) is 19.8 Å². The van der Waals surface area contributed by atoms with Gasteiger partial charge in [-0.1, -0.05) is 19.3 Å². The summed E-state index contributed by atoms with van der Waals surface area (Å²) >= 11 is 0. The van der Waals surface area contributed by atoms with Crippen molar-refractivity contribution in [1.82, 2.24) is 4.31 Å². The molecular formula is C10H18N2O2S. The lowest BCUT2D eigenvalue weighted by molar-refractivity contribution is 0.213. The van der Waals surface area contributed by atoms with E-state index in [9.17, 15) is 13.7 Å². The first kappa shape index (κ1) is 12.5. The predicted octanol–water partition coefficient (Wildman–Crippen LogP) is 1.49. The van der Waals surface area contributed by atoms with Crippen LogP contribution in [0.1, 0.15) is 39.0 Å². The van der Waals surface area contributed by atoms with E-state index in [-0.39, 0.29) is 5.75 Å². The van der Waals surface area contributed by atoms with E-state index < -0.39 is 15.6 Å². The van der Waals surface area contributed by atoms with E-state index in [4.69, 9.17) is 0 Å². The van der Waals surface area contributed by atoms with Gasteiger partial charge in [0, 0.05) is 7.05 Å². The van der Waals surface area contributed by atoms with Gasteiger partial charge in [-0.15, -0.1) is 0 Å². The normalized spacial score (nSPS) is 21.2. The molecule has 0 aromatic rings. The molecule has 0 amide bonds. The SMILES string of the molecule is CCS(=O)(=O)N(C)C1(C#N)CCCCC1. The summed E-state index contributed by atoms with van der Waals surface area (Å²) in [4.78, 5) is 0. The molecule has 0 aromatic heterocycles. The minimum Gasteiger partial charge on any atom is -0.212 e. The van der Waals surface area contributed by atoms with E-state index in [1.165, 1.54) is 11.4 Å². The molecule has 1 fully saturated rings. The average molecular weight is 230 g/mol. The van der Waals surface area contributed by atoms with Gasteiger partial charge in [0.15, 0.2) is 0 Å². The number of nitriles is 1. The summed E-state index contributed by atoms with van der Waals surface area (Å²) in [5.41, 5.74) is -0.785. The average Bonchev–Trinajstić information content (AvgIpc) is 2.29. The molecule has 0 spiro atoms. The largest absolute Gasteiger partial charge is 0.214 e. The van der Waals surface area contributed by atoms with Gasteiger partial charge in [0.05, 0.1) is 11.8 Å². The molecule has 1 aliphatic carbocycles. The molecule has 0 radical (unpaired) electrons. The van der Waals surface area contributed by atoms with Gasteiger partial charge in [-0.3, -0.25) is 0 Å². The van der Waals surface area contributed by atoms with E-state index >= 15 is 0 Å². The number of nitrogens with zero attached hydrogens (tertiary/aromatic N) is 2. The van der Waals surface area contributed by atoms with Crippen molar-refractivity contribution in [3.05, 3.63) is 0 Å². The molecule has 0 heterocycles. The molecule has 0 aromatic carbocycles. The number of sulfonamides is 1. The highest BCUT2D eigenvalue weighted by Gasteiger charge is 2.41. The van der Waals surface area contributed by atoms with Gasteiger partial charge in [0.2, 0.25) is 10.0 Å². The van der Waals surface area contributed by atoms with Gasteiger partial charge in [-0.25, -0.2) is 8.42 Å². The Bertz CT molecular complexity index is 350. The predicted molar refractivity (Wildman–Crippen MR) is 58.7 cm³/mol. The fourth-order valence-corrected chi connectivity index (χ4v) is 3.24. The molecule has 0 bridgehead atoms.